The van der Waals surface area contributed by atoms with E-state index >= 15 is 0 Å². The molecule has 2 heteroatoms. The molecule has 2 N–H and O–H groups in total. The van der Waals surface area contributed by atoms with Crippen LogP contribution in [-0.4, -0.2) is 0 Å². The van der Waals surface area contributed by atoms with Crippen molar-refractivity contribution >= 4 is 0 Å². The van der Waals surface area contributed by atoms with E-state index < -0.39 is 0 Å². The molecule has 0 atom stereocenters. The first kappa shape index (κ1) is 16.3. The molecule has 0 heterocycles. The van der Waals surface area contributed by atoms with E-state index in [1.54, 1.807) is 0 Å². The zero-order chi connectivity index (χ0) is 16.9. The number of rotatable bonds is 5. The Morgan fingerprint density at radius 1 is 0.833 bits per heavy atom. The minimum atomic E-state index is 0.463. The minimum Gasteiger partial charge on any atom is -0.488 e. The van der Waals surface area contributed by atoms with Crippen molar-refractivity contribution in [3.05, 3.63) is 89.0 Å². The van der Waals surface area contributed by atoms with E-state index in [9.17, 15) is 0 Å². The second-order valence-electron chi connectivity index (χ2n) is 6.07. The van der Waals surface area contributed by atoms with Crippen LogP contribution in [0.5, 0.6) is 5.75 Å². The average molecular weight is 317 g/mol. The Bertz CT molecular complexity index is 825. The summed E-state index contributed by atoms with van der Waals surface area (Å²) in [7, 11) is 0. The second kappa shape index (κ2) is 7.33. The van der Waals surface area contributed by atoms with Crippen LogP contribution in [0.15, 0.2) is 66.7 Å². The summed E-state index contributed by atoms with van der Waals surface area (Å²) in [6.07, 6.45) is 0. The number of ether oxygens (including phenoxy) is 1. The number of hydrogen-bond acceptors (Lipinski definition) is 2. The van der Waals surface area contributed by atoms with Crippen LogP contribution in [0, 0.1) is 13.8 Å². The van der Waals surface area contributed by atoms with Gasteiger partial charge in [0.15, 0.2) is 0 Å². The third-order valence-electron chi connectivity index (χ3n) is 4.25. The van der Waals surface area contributed by atoms with Gasteiger partial charge in [-0.3, -0.25) is 0 Å². The Labute approximate surface area is 143 Å². The van der Waals surface area contributed by atoms with Crippen molar-refractivity contribution in [1.29, 1.82) is 0 Å². The van der Waals surface area contributed by atoms with E-state index in [4.69, 9.17) is 10.5 Å². The first-order chi connectivity index (χ1) is 11.7. The van der Waals surface area contributed by atoms with Crippen LogP contribution < -0.4 is 10.5 Å². The van der Waals surface area contributed by atoms with E-state index in [0.717, 1.165) is 22.4 Å². The fourth-order valence-electron chi connectivity index (χ4n) is 2.99. The molecular weight excluding hydrogens is 294 g/mol. The number of hydrogen-bond donors (Lipinski definition) is 1. The van der Waals surface area contributed by atoms with Crippen molar-refractivity contribution in [1.82, 2.24) is 0 Å². The van der Waals surface area contributed by atoms with E-state index in [1.807, 2.05) is 18.2 Å². The van der Waals surface area contributed by atoms with Crippen LogP contribution in [0.3, 0.4) is 0 Å². The van der Waals surface area contributed by atoms with Gasteiger partial charge in [-0.25, -0.2) is 0 Å². The van der Waals surface area contributed by atoms with Crippen molar-refractivity contribution in [3.8, 4) is 16.9 Å². The molecule has 0 spiro atoms. The van der Waals surface area contributed by atoms with Gasteiger partial charge in [0, 0.05) is 12.1 Å². The molecule has 3 aromatic rings. The highest BCUT2D eigenvalue weighted by atomic mass is 16.5. The lowest BCUT2D eigenvalue weighted by Crippen LogP contribution is -2.05. The maximum absolute atomic E-state index is 6.09. The van der Waals surface area contributed by atoms with Gasteiger partial charge in [0.25, 0.3) is 0 Å². The van der Waals surface area contributed by atoms with Crippen molar-refractivity contribution in [3.63, 3.8) is 0 Å². The second-order valence-corrected chi connectivity index (χ2v) is 6.07. The molecule has 0 aliphatic carbocycles. The summed E-state index contributed by atoms with van der Waals surface area (Å²) < 4.78 is 6.09. The highest BCUT2D eigenvalue weighted by Crippen LogP contribution is 2.32. The van der Waals surface area contributed by atoms with Gasteiger partial charge >= 0.3 is 0 Å². The zero-order valence-electron chi connectivity index (χ0n) is 14.3. The molecule has 2 nitrogen and oxygen atoms in total. The number of nitrogens with two attached hydrogens (primary N) is 1. The first-order valence-electron chi connectivity index (χ1n) is 8.25. The molecule has 0 aliphatic heterocycles. The van der Waals surface area contributed by atoms with Gasteiger partial charge in [0.2, 0.25) is 0 Å². The Morgan fingerprint density at radius 2 is 1.54 bits per heavy atom. The predicted molar refractivity (Wildman–Crippen MR) is 100 cm³/mol. The lowest BCUT2D eigenvalue weighted by Gasteiger charge is -2.16. The lowest BCUT2D eigenvalue weighted by molar-refractivity contribution is 0.301. The van der Waals surface area contributed by atoms with Crippen LogP contribution >= 0.6 is 0 Å². The van der Waals surface area contributed by atoms with Gasteiger partial charge in [-0.2, -0.15) is 0 Å². The average Bonchev–Trinajstić information content (AvgIpc) is 2.61. The minimum absolute atomic E-state index is 0.463. The molecule has 0 unspecified atom stereocenters. The molecule has 3 aromatic carbocycles. The van der Waals surface area contributed by atoms with Gasteiger partial charge in [-0.1, -0.05) is 54.6 Å². The number of benzene rings is 3. The van der Waals surface area contributed by atoms with E-state index in [2.05, 4.69) is 62.4 Å². The standard InChI is InChI=1S/C22H23NO/c1-16-8-6-7-11-21(16)19-12-17(2)22(20(13-19)14-23)24-15-18-9-4-3-5-10-18/h3-13H,14-15,23H2,1-2H3. The summed E-state index contributed by atoms with van der Waals surface area (Å²) in [6, 6.07) is 22.9. The summed E-state index contributed by atoms with van der Waals surface area (Å²) in [5.41, 5.74) is 13.0. The molecule has 0 saturated carbocycles. The summed E-state index contributed by atoms with van der Waals surface area (Å²) in [6.45, 7) is 5.23. The summed E-state index contributed by atoms with van der Waals surface area (Å²) >= 11 is 0. The smallest absolute Gasteiger partial charge is 0.127 e. The van der Waals surface area contributed by atoms with Crippen LogP contribution in [-0.2, 0) is 13.2 Å². The molecule has 0 aromatic heterocycles. The maximum atomic E-state index is 6.09. The summed E-state index contributed by atoms with van der Waals surface area (Å²) in [4.78, 5) is 0. The summed E-state index contributed by atoms with van der Waals surface area (Å²) in [5.74, 6) is 0.902. The summed E-state index contributed by atoms with van der Waals surface area (Å²) in [5, 5.41) is 0. The predicted octanol–water partition coefficient (Wildman–Crippen LogP) is 5.01. The SMILES string of the molecule is Cc1ccccc1-c1cc(C)c(OCc2ccccc2)c(CN)c1. The molecule has 0 saturated heterocycles. The van der Waals surface area contributed by atoms with E-state index in [0.29, 0.717) is 13.2 Å². The molecule has 122 valence electrons. The topological polar surface area (TPSA) is 35.2 Å². The van der Waals surface area contributed by atoms with Crippen LogP contribution in [0.2, 0.25) is 0 Å². The Kier molecular flexibility index (Phi) is 4.97. The Balaban J connectivity index is 1.92. The largest absolute Gasteiger partial charge is 0.488 e. The van der Waals surface area contributed by atoms with Gasteiger partial charge in [-0.15, -0.1) is 0 Å². The van der Waals surface area contributed by atoms with Crippen molar-refractivity contribution < 1.29 is 4.74 Å². The van der Waals surface area contributed by atoms with E-state index in [1.165, 1.54) is 16.7 Å². The quantitative estimate of drug-likeness (QED) is 0.718. The molecule has 0 aliphatic rings. The number of aryl methyl sites for hydroxylation is 2. The highest BCUT2D eigenvalue weighted by molar-refractivity contribution is 5.70. The van der Waals surface area contributed by atoms with Crippen LogP contribution in [0.1, 0.15) is 22.3 Å². The Morgan fingerprint density at radius 3 is 2.25 bits per heavy atom. The van der Waals surface area contributed by atoms with Crippen LogP contribution in [0.4, 0.5) is 0 Å². The molecule has 3 rings (SSSR count). The lowest BCUT2D eigenvalue weighted by atomic mass is 9.96. The van der Waals surface area contributed by atoms with Crippen molar-refractivity contribution in [2.75, 3.05) is 0 Å². The fraction of sp³-hybridized carbons (Fsp3) is 0.182. The monoisotopic (exact) mass is 317 g/mol. The molecular formula is C22H23NO. The molecule has 24 heavy (non-hydrogen) atoms. The zero-order valence-corrected chi connectivity index (χ0v) is 14.3. The van der Waals surface area contributed by atoms with Crippen LogP contribution in [0.25, 0.3) is 11.1 Å². The third kappa shape index (κ3) is 3.50. The maximum Gasteiger partial charge on any atom is 0.127 e. The first-order valence-corrected chi connectivity index (χ1v) is 8.25. The van der Waals surface area contributed by atoms with Gasteiger partial charge in [-0.05, 0) is 53.8 Å². The Hall–Kier alpha value is -2.58. The fourth-order valence-corrected chi connectivity index (χ4v) is 2.99. The molecule has 0 bridgehead atoms. The highest BCUT2D eigenvalue weighted by Gasteiger charge is 2.11. The van der Waals surface area contributed by atoms with Gasteiger partial charge < -0.3 is 10.5 Å². The molecule has 0 radical (unpaired) electrons. The molecule has 0 fully saturated rings. The molecule has 0 amide bonds. The van der Waals surface area contributed by atoms with Gasteiger partial charge in [0.05, 0.1) is 0 Å². The van der Waals surface area contributed by atoms with Crippen molar-refractivity contribution in [2.45, 2.75) is 27.0 Å². The third-order valence-corrected chi connectivity index (χ3v) is 4.25. The van der Waals surface area contributed by atoms with Gasteiger partial charge in [0.1, 0.15) is 12.4 Å². The normalized spacial score (nSPS) is 10.6. The van der Waals surface area contributed by atoms with E-state index in [-0.39, 0.29) is 0 Å². The van der Waals surface area contributed by atoms with Crippen molar-refractivity contribution in [2.24, 2.45) is 5.73 Å².